The molecule has 30 heavy (non-hydrogen) atoms. The normalized spacial score (nSPS) is 11.8. The number of hydrogen-bond donors (Lipinski definition) is 4. The molecule has 0 aliphatic carbocycles. The summed E-state index contributed by atoms with van der Waals surface area (Å²) in [6.07, 6.45) is 2.11. The molecule has 12 nitrogen and oxygen atoms in total. The molecule has 0 aliphatic heterocycles. The molecule has 0 unspecified atom stereocenters. The SMILES string of the molecule is COC(CCCNC(=O)NCCNC(=O)NCCCC(OC)(OC)OC)(OC)OC. The van der Waals surface area contributed by atoms with Crippen LogP contribution >= 0.6 is 0 Å². The molecule has 0 aliphatic rings. The number of hydrogen-bond acceptors (Lipinski definition) is 8. The monoisotopic (exact) mass is 438 g/mol. The maximum atomic E-state index is 11.7. The van der Waals surface area contributed by atoms with Crippen molar-refractivity contribution < 1.29 is 38.0 Å². The van der Waals surface area contributed by atoms with Gasteiger partial charge in [0, 0.05) is 81.7 Å². The Morgan fingerprint density at radius 3 is 1.07 bits per heavy atom. The number of carbonyl (C=O) groups excluding carboxylic acids is 2. The lowest BCUT2D eigenvalue weighted by Gasteiger charge is -2.28. The van der Waals surface area contributed by atoms with Gasteiger partial charge in [0.1, 0.15) is 0 Å². The van der Waals surface area contributed by atoms with E-state index in [-0.39, 0.29) is 25.2 Å². The lowest BCUT2D eigenvalue weighted by molar-refractivity contribution is -0.355. The molecule has 4 N–H and O–H groups in total. The zero-order valence-corrected chi connectivity index (χ0v) is 18.9. The van der Waals surface area contributed by atoms with Crippen LogP contribution in [0.25, 0.3) is 0 Å². The van der Waals surface area contributed by atoms with Crippen molar-refractivity contribution >= 4 is 12.1 Å². The van der Waals surface area contributed by atoms with Crippen molar-refractivity contribution in [2.45, 2.75) is 37.6 Å². The van der Waals surface area contributed by atoms with E-state index in [1.807, 2.05) is 0 Å². The van der Waals surface area contributed by atoms with Crippen LogP contribution in [-0.2, 0) is 28.4 Å². The van der Waals surface area contributed by atoms with E-state index in [1.165, 1.54) is 42.7 Å². The van der Waals surface area contributed by atoms with Gasteiger partial charge in [-0.25, -0.2) is 9.59 Å². The molecule has 0 saturated carbocycles. The van der Waals surface area contributed by atoms with Crippen molar-refractivity contribution in [1.29, 1.82) is 0 Å². The van der Waals surface area contributed by atoms with Gasteiger partial charge in [-0.15, -0.1) is 0 Å². The van der Waals surface area contributed by atoms with Crippen LogP contribution in [0.15, 0.2) is 0 Å². The first-order valence-corrected chi connectivity index (χ1v) is 9.70. The van der Waals surface area contributed by atoms with Crippen LogP contribution in [0.1, 0.15) is 25.7 Å². The predicted molar refractivity (Wildman–Crippen MR) is 109 cm³/mol. The fraction of sp³-hybridized carbons (Fsp3) is 0.889. The molecule has 12 heteroatoms. The number of ether oxygens (including phenoxy) is 6. The minimum Gasteiger partial charge on any atom is -0.338 e. The Morgan fingerprint density at radius 2 is 0.800 bits per heavy atom. The molecule has 0 radical (unpaired) electrons. The van der Waals surface area contributed by atoms with Gasteiger partial charge in [-0.2, -0.15) is 0 Å². The van der Waals surface area contributed by atoms with Gasteiger partial charge in [0.25, 0.3) is 11.9 Å². The number of amides is 4. The molecule has 0 fully saturated rings. The van der Waals surface area contributed by atoms with Crippen LogP contribution in [0.3, 0.4) is 0 Å². The Morgan fingerprint density at radius 1 is 0.533 bits per heavy atom. The molecule has 0 heterocycles. The molecular weight excluding hydrogens is 400 g/mol. The molecule has 4 amide bonds. The van der Waals surface area contributed by atoms with Crippen LogP contribution in [0.2, 0.25) is 0 Å². The topological polar surface area (TPSA) is 138 Å². The van der Waals surface area contributed by atoms with Crippen LogP contribution in [0.4, 0.5) is 9.59 Å². The molecule has 0 aromatic rings. The zero-order chi connectivity index (χ0) is 22.9. The van der Waals surface area contributed by atoms with Gasteiger partial charge in [-0.1, -0.05) is 0 Å². The number of nitrogens with one attached hydrogen (secondary N) is 4. The standard InChI is InChI=1S/C18H38N4O8/c1-25-17(26-2,27-3)9-7-11-19-15(23)21-13-14-22-16(24)20-12-8-10-18(28-4,29-5)30-6/h7-14H2,1-6H3,(H2,19,21,23)(H2,20,22,24). The van der Waals surface area contributed by atoms with Gasteiger partial charge >= 0.3 is 12.1 Å². The fourth-order valence-electron chi connectivity index (χ4n) is 2.60. The third kappa shape index (κ3) is 10.9. The first-order chi connectivity index (χ1) is 14.4. The molecule has 0 spiro atoms. The average molecular weight is 439 g/mol. The summed E-state index contributed by atoms with van der Waals surface area (Å²) in [5.74, 6) is -2.21. The first kappa shape index (κ1) is 28.3. The first-order valence-electron chi connectivity index (χ1n) is 9.70. The van der Waals surface area contributed by atoms with E-state index >= 15 is 0 Å². The average Bonchev–Trinajstić information content (AvgIpc) is 2.78. The van der Waals surface area contributed by atoms with E-state index in [4.69, 9.17) is 28.4 Å². The van der Waals surface area contributed by atoms with Gasteiger partial charge < -0.3 is 49.7 Å². The molecule has 0 rings (SSSR count). The predicted octanol–water partition coefficient (Wildman–Crippen LogP) is 0.331. The van der Waals surface area contributed by atoms with Crippen molar-refractivity contribution in [1.82, 2.24) is 21.3 Å². The molecule has 0 aromatic carbocycles. The highest BCUT2D eigenvalue weighted by Crippen LogP contribution is 2.19. The van der Waals surface area contributed by atoms with E-state index in [2.05, 4.69) is 21.3 Å². The smallest absolute Gasteiger partial charge is 0.314 e. The third-order valence-corrected chi connectivity index (χ3v) is 4.45. The van der Waals surface area contributed by atoms with Gasteiger partial charge in [0.2, 0.25) is 0 Å². The van der Waals surface area contributed by atoms with Crippen LogP contribution in [0, 0.1) is 0 Å². The van der Waals surface area contributed by atoms with Gasteiger partial charge in [-0.3, -0.25) is 0 Å². The Bertz CT molecular complexity index is 415. The Kier molecular flexibility index (Phi) is 15.1. The van der Waals surface area contributed by atoms with Crippen molar-refractivity contribution in [2.24, 2.45) is 0 Å². The van der Waals surface area contributed by atoms with Crippen molar-refractivity contribution in [3.8, 4) is 0 Å². The number of carbonyl (C=O) groups is 2. The Hall–Kier alpha value is -1.70. The number of rotatable bonds is 17. The lowest BCUT2D eigenvalue weighted by Crippen LogP contribution is -2.44. The summed E-state index contributed by atoms with van der Waals surface area (Å²) in [6, 6.07) is -0.657. The maximum Gasteiger partial charge on any atom is 0.314 e. The van der Waals surface area contributed by atoms with Crippen molar-refractivity contribution in [3.63, 3.8) is 0 Å². The van der Waals surface area contributed by atoms with E-state index < -0.39 is 11.9 Å². The summed E-state index contributed by atoms with van der Waals surface area (Å²) in [5.41, 5.74) is 0. The maximum absolute atomic E-state index is 11.7. The number of urea groups is 2. The van der Waals surface area contributed by atoms with Gasteiger partial charge in [-0.05, 0) is 12.8 Å². The second-order valence-corrected chi connectivity index (χ2v) is 6.16. The molecular formula is C18H38N4O8. The minimum absolute atomic E-state index is 0.289. The van der Waals surface area contributed by atoms with Crippen molar-refractivity contribution in [3.05, 3.63) is 0 Å². The summed E-state index contributed by atoms with van der Waals surface area (Å²) in [4.78, 5) is 23.5. The summed E-state index contributed by atoms with van der Waals surface area (Å²) in [6.45, 7) is 1.42. The highest BCUT2D eigenvalue weighted by molar-refractivity contribution is 5.75. The van der Waals surface area contributed by atoms with Crippen molar-refractivity contribution in [2.75, 3.05) is 68.8 Å². The summed E-state index contributed by atoms with van der Waals surface area (Å²) in [5, 5.41) is 10.7. The minimum atomic E-state index is -1.10. The second kappa shape index (κ2) is 16.1. The number of methoxy groups -OCH3 is 6. The van der Waals surface area contributed by atoms with E-state index in [0.717, 1.165) is 0 Å². The fourth-order valence-corrected chi connectivity index (χ4v) is 2.60. The van der Waals surface area contributed by atoms with Gasteiger partial charge in [0.15, 0.2) is 0 Å². The second-order valence-electron chi connectivity index (χ2n) is 6.16. The van der Waals surface area contributed by atoms with Crippen LogP contribution < -0.4 is 21.3 Å². The molecule has 178 valence electrons. The van der Waals surface area contributed by atoms with E-state index in [1.54, 1.807) is 0 Å². The lowest BCUT2D eigenvalue weighted by atomic mass is 10.2. The molecule has 0 bridgehead atoms. The quantitative estimate of drug-likeness (QED) is 0.188. The van der Waals surface area contributed by atoms with Crippen LogP contribution in [-0.4, -0.2) is 92.8 Å². The summed E-state index contributed by atoms with van der Waals surface area (Å²) < 4.78 is 31.1. The van der Waals surface area contributed by atoms with E-state index in [9.17, 15) is 9.59 Å². The Labute approximate surface area is 178 Å². The van der Waals surface area contributed by atoms with Gasteiger partial charge in [0.05, 0.1) is 0 Å². The highest BCUT2D eigenvalue weighted by atomic mass is 16.9. The molecule has 0 saturated heterocycles. The van der Waals surface area contributed by atoms with E-state index in [0.29, 0.717) is 38.8 Å². The summed E-state index contributed by atoms with van der Waals surface area (Å²) in [7, 11) is 8.93. The molecule has 0 aromatic heterocycles. The molecule has 0 atom stereocenters. The van der Waals surface area contributed by atoms with Crippen LogP contribution in [0.5, 0.6) is 0 Å². The summed E-state index contributed by atoms with van der Waals surface area (Å²) >= 11 is 0. The zero-order valence-electron chi connectivity index (χ0n) is 18.9. The third-order valence-electron chi connectivity index (χ3n) is 4.45. The largest absolute Gasteiger partial charge is 0.338 e. The highest BCUT2D eigenvalue weighted by Gasteiger charge is 2.29. The Balaban J connectivity index is 3.79.